The van der Waals surface area contributed by atoms with Crippen molar-refractivity contribution < 1.29 is 12.6 Å². The van der Waals surface area contributed by atoms with Crippen molar-refractivity contribution in [2.75, 3.05) is 0 Å². The van der Waals surface area contributed by atoms with Gasteiger partial charge in [0.2, 0.25) is 0 Å². The summed E-state index contributed by atoms with van der Waals surface area (Å²) in [6, 6.07) is 7.66. The van der Waals surface area contributed by atoms with Crippen LogP contribution in [0.2, 0.25) is 0 Å². The average Bonchev–Trinajstić information content (AvgIpc) is 2.06. The minimum Gasteiger partial charge on any atom is -0.364 e. The molecule has 0 N–H and O–H groups in total. The van der Waals surface area contributed by atoms with Crippen LogP contribution in [0.15, 0.2) is 34.9 Å². The lowest BCUT2D eigenvalue weighted by Gasteiger charge is -1.97. The van der Waals surface area contributed by atoms with Crippen LogP contribution in [-0.4, -0.2) is 8.42 Å². The second-order valence-electron chi connectivity index (χ2n) is 1.90. The van der Waals surface area contributed by atoms with Crippen molar-refractivity contribution in [3.63, 3.8) is 0 Å². The Labute approximate surface area is 69.2 Å². The summed E-state index contributed by atoms with van der Waals surface area (Å²) in [5.74, 6) is 0.0668. The summed E-state index contributed by atoms with van der Waals surface area (Å²) in [7, 11) is -4.30. The highest BCUT2D eigenvalue weighted by molar-refractivity contribution is 7.85. The van der Waals surface area contributed by atoms with Crippen LogP contribution in [-0.2, 0) is 10.3 Å². The molecule has 0 aliphatic rings. The predicted octanol–water partition coefficient (Wildman–Crippen LogP) is 1.08. The van der Waals surface area contributed by atoms with Gasteiger partial charge in [-0.2, -0.15) is 8.42 Å². The van der Waals surface area contributed by atoms with Gasteiger partial charge in [0.1, 0.15) is 10.3 Å². The normalized spacial score (nSPS) is 10.7. The van der Waals surface area contributed by atoms with E-state index in [1.54, 1.807) is 18.2 Å². The zero-order chi connectivity index (χ0) is 9.03. The number of nitrogens with zero attached hydrogens (tertiary/aromatic N) is 1. The Hall–Kier alpha value is -1.43. The first-order chi connectivity index (χ1) is 5.64. The van der Waals surface area contributed by atoms with E-state index in [-0.39, 0.29) is 5.75 Å². The molecule has 0 atom stereocenters. The molecule has 0 spiro atoms. The van der Waals surface area contributed by atoms with Crippen LogP contribution in [0, 0.1) is 4.91 Å². The second-order valence-corrected chi connectivity index (χ2v) is 3.07. The second kappa shape index (κ2) is 3.31. The van der Waals surface area contributed by atoms with E-state index in [1.807, 2.05) is 4.58 Å². The van der Waals surface area contributed by atoms with Gasteiger partial charge in [-0.1, -0.05) is 18.2 Å². The molecule has 6 heteroatoms. The number of hydrogen-bond donors (Lipinski definition) is 0. The van der Waals surface area contributed by atoms with E-state index in [4.69, 9.17) is 0 Å². The maximum Gasteiger partial charge on any atom is 0.463 e. The summed E-state index contributed by atoms with van der Waals surface area (Å²) in [6.07, 6.45) is 0. The molecule has 12 heavy (non-hydrogen) atoms. The van der Waals surface area contributed by atoms with Crippen molar-refractivity contribution in [3.05, 3.63) is 35.2 Å². The molecule has 0 aliphatic carbocycles. The van der Waals surface area contributed by atoms with Crippen molar-refractivity contribution in [2.24, 2.45) is 4.58 Å². The monoisotopic (exact) mass is 187 g/mol. The molecule has 0 aromatic heterocycles. The first kappa shape index (κ1) is 8.66. The minimum atomic E-state index is -4.30. The van der Waals surface area contributed by atoms with Crippen LogP contribution in [0.1, 0.15) is 0 Å². The number of rotatable bonds is 3. The Morgan fingerprint density at radius 2 is 1.75 bits per heavy atom. The van der Waals surface area contributed by atoms with Crippen LogP contribution in [0.25, 0.3) is 0 Å². The van der Waals surface area contributed by atoms with Gasteiger partial charge in [0.15, 0.2) is 0 Å². The van der Waals surface area contributed by atoms with Crippen LogP contribution in [0.4, 0.5) is 0 Å². The summed E-state index contributed by atoms with van der Waals surface area (Å²) in [4.78, 5) is 9.67. The van der Waals surface area contributed by atoms with E-state index in [1.165, 1.54) is 12.1 Å². The summed E-state index contributed by atoms with van der Waals surface area (Å²) in [6.45, 7) is 0. The molecule has 0 amide bonds. The smallest absolute Gasteiger partial charge is 0.364 e. The first-order valence-electron chi connectivity index (χ1n) is 2.98. The number of benzene rings is 1. The third-order valence-electron chi connectivity index (χ3n) is 1.04. The van der Waals surface area contributed by atoms with Crippen LogP contribution >= 0.6 is 0 Å². The number of hydrogen-bond acceptors (Lipinski definition) is 4. The topological polar surface area (TPSA) is 72.8 Å². The zero-order valence-electron chi connectivity index (χ0n) is 5.88. The van der Waals surface area contributed by atoms with Gasteiger partial charge in [-0.15, -0.1) is 4.91 Å². The Morgan fingerprint density at radius 1 is 1.17 bits per heavy atom. The Bertz CT molecular complexity index is 358. The lowest BCUT2D eigenvalue weighted by molar-refractivity contribution is 0.487. The van der Waals surface area contributed by atoms with Gasteiger partial charge in [0, 0.05) is 0 Å². The molecule has 0 aliphatic heterocycles. The standard InChI is InChI=1S/C6H5NO4S/c8-7-12(9,10)11-6-4-2-1-3-5-6/h1-5H. The van der Waals surface area contributed by atoms with Crippen molar-refractivity contribution in [2.45, 2.75) is 0 Å². The van der Waals surface area contributed by atoms with Gasteiger partial charge in [-0.25, -0.2) is 0 Å². The molecular formula is C6H5NO4S. The zero-order valence-corrected chi connectivity index (χ0v) is 6.69. The van der Waals surface area contributed by atoms with E-state index in [0.29, 0.717) is 0 Å². The molecule has 0 fully saturated rings. The molecule has 0 saturated heterocycles. The molecule has 0 unspecified atom stereocenters. The van der Waals surface area contributed by atoms with Crippen molar-refractivity contribution in [3.8, 4) is 5.75 Å². The third kappa shape index (κ3) is 2.31. The lowest BCUT2D eigenvalue weighted by atomic mass is 10.3. The van der Waals surface area contributed by atoms with Gasteiger partial charge in [0.05, 0.1) is 0 Å². The fourth-order valence-corrected chi connectivity index (χ4v) is 0.998. The van der Waals surface area contributed by atoms with E-state index in [0.717, 1.165) is 0 Å². The fourth-order valence-electron chi connectivity index (χ4n) is 0.613. The van der Waals surface area contributed by atoms with Gasteiger partial charge >= 0.3 is 10.3 Å². The SMILES string of the molecule is O=NS(=O)(=O)Oc1ccccc1. The molecule has 5 nitrogen and oxygen atoms in total. The maximum absolute atomic E-state index is 10.5. The summed E-state index contributed by atoms with van der Waals surface area (Å²) >= 11 is 0. The molecule has 0 heterocycles. The molecule has 0 bridgehead atoms. The highest BCUT2D eigenvalue weighted by Gasteiger charge is 2.10. The molecule has 0 saturated carbocycles. The molecule has 1 rings (SSSR count). The molecule has 1 aromatic carbocycles. The summed E-state index contributed by atoms with van der Waals surface area (Å²) < 4.78 is 27.0. The van der Waals surface area contributed by atoms with Gasteiger partial charge in [0.25, 0.3) is 0 Å². The predicted molar refractivity (Wildman–Crippen MR) is 41.8 cm³/mol. The largest absolute Gasteiger partial charge is 0.463 e. The summed E-state index contributed by atoms with van der Waals surface area (Å²) in [5, 5.41) is 0. The van der Waals surface area contributed by atoms with Crippen LogP contribution in [0.5, 0.6) is 5.75 Å². The Kier molecular flexibility index (Phi) is 2.39. The van der Waals surface area contributed by atoms with Gasteiger partial charge in [-0.05, 0) is 12.1 Å². The van der Waals surface area contributed by atoms with Crippen LogP contribution in [0.3, 0.4) is 0 Å². The Balaban J connectivity index is 2.85. The number of nitroso groups, excluding NO2 is 1. The molecular weight excluding hydrogens is 182 g/mol. The average molecular weight is 187 g/mol. The van der Waals surface area contributed by atoms with Gasteiger partial charge < -0.3 is 4.18 Å². The molecule has 1 aromatic rings. The van der Waals surface area contributed by atoms with Gasteiger partial charge in [-0.3, -0.25) is 0 Å². The highest BCUT2D eigenvalue weighted by Crippen LogP contribution is 2.11. The minimum absolute atomic E-state index is 0.0668. The first-order valence-corrected chi connectivity index (χ1v) is 4.35. The summed E-state index contributed by atoms with van der Waals surface area (Å²) in [5.41, 5.74) is 0. The highest BCUT2D eigenvalue weighted by atomic mass is 32.2. The Morgan fingerprint density at radius 3 is 2.25 bits per heavy atom. The molecule has 64 valence electrons. The van der Waals surface area contributed by atoms with E-state index in [2.05, 4.69) is 4.18 Å². The molecule has 0 radical (unpaired) electrons. The van der Waals surface area contributed by atoms with E-state index in [9.17, 15) is 13.3 Å². The lowest BCUT2D eigenvalue weighted by Crippen LogP contribution is -2.03. The number of para-hydroxylation sites is 1. The third-order valence-corrected chi connectivity index (χ3v) is 1.62. The quantitative estimate of drug-likeness (QED) is 0.663. The fraction of sp³-hybridized carbons (Fsp3) is 0. The van der Waals surface area contributed by atoms with E-state index < -0.39 is 10.3 Å². The van der Waals surface area contributed by atoms with Crippen LogP contribution < -0.4 is 4.18 Å². The van der Waals surface area contributed by atoms with Crippen molar-refractivity contribution in [1.82, 2.24) is 0 Å². The maximum atomic E-state index is 10.5. The van der Waals surface area contributed by atoms with E-state index >= 15 is 0 Å². The van der Waals surface area contributed by atoms with Crippen molar-refractivity contribution >= 4 is 10.3 Å². The van der Waals surface area contributed by atoms with Crippen molar-refractivity contribution in [1.29, 1.82) is 0 Å².